The van der Waals surface area contributed by atoms with Crippen LogP contribution in [0.2, 0.25) is 0 Å². The monoisotopic (exact) mass is 378 g/mol. The highest BCUT2D eigenvalue weighted by Crippen LogP contribution is 2.34. The zero-order valence-electron chi connectivity index (χ0n) is 18.7. The van der Waals surface area contributed by atoms with E-state index in [4.69, 9.17) is 0 Å². The summed E-state index contributed by atoms with van der Waals surface area (Å²) >= 11 is 0. The van der Waals surface area contributed by atoms with Crippen LogP contribution in [0.5, 0.6) is 0 Å². The van der Waals surface area contributed by atoms with Crippen molar-refractivity contribution in [1.29, 1.82) is 0 Å². The molecule has 2 aromatic carbocycles. The molecule has 0 atom stereocenters. The van der Waals surface area contributed by atoms with Crippen LogP contribution in [-0.4, -0.2) is 13.1 Å². The van der Waals surface area contributed by atoms with Crippen LogP contribution in [0.4, 0.5) is 11.4 Å². The fourth-order valence-corrected chi connectivity index (χ4v) is 4.35. The molecule has 0 amide bonds. The molecule has 2 N–H and O–H groups in total. The normalized spacial score (nSPS) is 15.9. The van der Waals surface area contributed by atoms with Crippen LogP contribution >= 0.6 is 0 Å². The van der Waals surface area contributed by atoms with E-state index in [9.17, 15) is 0 Å². The van der Waals surface area contributed by atoms with E-state index >= 15 is 0 Å². The minimum Gasteiger partial charge on any atom is -0.385 e. The van der Waals surface area contributed by atoms with Gasteiger partial charge in [0.25, 0.3) is 0 Å². The lowest BCUT2D eigenvalue weighted by atomic mass is 9.81. The Kier molecular flexibility index (Phi) is 6.07. The second-order valence-corrected chi connectivity index (χ2v) is 10.2. The molecule has 28 heavy (non-hydrogen) atoms. The second-order valence-electron chi connectivity index (χ2n) is 10.2. The van der Waals surface area contributed by atoms with Gasteiger partial charge in [-0.15, -0.1) is 0 Å². The summed E-state index contributed by atoms with van der Waals surface area (Å²) in [7, 11) is 0. The lowest BCUT2D eigenvalue weighted by Crippen LogP contribution is -2.19. The van der Waals surface area contributed by atoms with Crippen LogP contribution in [0.3, 0.4) is 0 Å². The number of anilines is 2. The highest BCUT2D eigenvalue weighted by molar-refractivity contribution is 5.61. The van der Waals surface area contributed by atoms with Gasteiger partial charge in [-0.3, -0.25) is 0 Å². The quantitative estimate of drug-likeness (QED) is 0.534. The zero-order chi connectivity index (χ0) is 20.4. The molecular formula is C26H38N2. The maximum atomic E-state index is 3.54. The summed E-state index contributed by atoms with van der Waals surface area (Å²) in [6.07, 6.45) is 4.99. The van der Waals surface area contributed by atoms with E-state index < -0.39 is 0 Å². The van der Waals surface area contributed by atoms with Crippen LogP contribution in [0.15, 0.2) is 36.4 Å². The van der Waals surface area contributed by atoms with Crippen molar-refractivity contribution in [1.82, 2.24) is 0 Å². The summed E-state index contributed by atoms with van der Waals surface area (Å²) in [6.45, 7) is 15.9. The van der Waals surface area contributed by atoms with Gasteiger partial charge in [0.2, 0.25) is 0 Å². The van der Waals surface area contributed by atoms with Crippen molar-refractivity contribution in [3.05, 3.63) is 58.7 Å². The Morgan fingerprint density at radius 2 is 1.29 bits per heavy atom. The number of para-hydroxylation sites is 1. The first-order valence-electron chi connectivity index (χ1n) is 10.9. The fraction of sp³-hybridized carbons (Fsp3) is 0.538. The van der Waals surface area contributed by atoms with Crippen molar-refractivity contribution in [3.8, 4) is 0 Å². The smallest absolute Gasteiger partial charge is 0.0410 e. The first-order valence-corrected chi connectivity index (χ1v) is 10.9. The molecule has 2 aliphatic rings. The minimum absolute atomic E-state index is 0.246. The van der Waals surface area contributed by atoms with Crippen molar-refractivity contribution < 1.29 is 0 Å². The molecule has 0 unspecified atom stereocenters. The molecule has 0 spiro atoms. The lowest BCUT2D eigenvalue weighted by molar-refractivity contribution is 0.579. The molecule has 0 bridgehead atoms. The van der Waals surface area contributed by atoms with E-state index in [1.54, 1.807) is 0 Å². The summed E-state index contributed by atoms with van der Waals surface area (Å²) in [5.74, 6) is 0. The first kappa shape index (κ1) is 20.8. The SMILES string of the molecule is CC(C)(C)c1cccc2c1CCCN2.CC(C)(C)c1cccc2c1NCCC2. The Morgan fingerprint density at radius 1 is 0.679 bits per heavy atom. The molecule has 0 aliphatic carbocycles. The Bertz CT molecular complexity index is 737. The Morgan fingerprint density at radius 3 is 2.00 bits per heavy atom. The highest BCUT2D eigenvalue weighted by Gasteiger charge is 2.22. The number of aryl methyl sites for hydroxylation is 1. The molecule has 0 saturated heterocycles. The Labute approximate surface area is 172 Å². The van der Waals surface area contributed by atoms with Crippen molar-refractivity contribution in [2.24, 2.45) is 0 Å². The first-order chi connectivity index (χ1) is 13.2. The van der Waals surface area contributed by atoms with Gasteiger partial charge in [0, 0.05) is 24.5 Å². The molecule has 2 aromatic rings. The van der Waals surface area contributed by atoms with Gasteiger partial charge >= 0.3 is 0 Å². The molecule has 0 saturated carbocycles. The fourth-order valence-electron chi connectivity index (χ4n) is 4.35. The van der Waals surface area contributed by atoms with Gasteiger partial charge in [-0.05, 0) is 64.8 Å². The third-order valence-electron chi connectivity index (χ3n) is 5.79. The Balaban J connectivity index is 0.000000161. The van der Waals surface area contributed by atoms with E-state index in [-0.39, 0.29) is 10.8 Å². The number of benzene rings is 2. The Hall–Kier alpha value is -1.96. The summed E-state index contributed by atoms with van der Waals surface area (Å²) in [5.41, 5.74) is 9.24. The predicted octanol–water partition coefficient (Wildman–Crippen LogP) is 6.68. The van der Waals surface area contributed by atoms with Gasteiger partial charge in [0.1, 0.15) is 0 Å². The molecule has 2 aliphatic heterocycles. The molecular weight excluding hydrogens is 340 g/mol. The molecule has 152 valence electrons. The number of fused-ring (bicyclic) bond motifs is 2. The zero-order valence-corrected chi connectivity index (χ0v) is 18.7. The standard InChI is InChI=1S/2C13H19N/c1-13(2,3)11-7-4-8-12-10(11)6-5-9-14-12;1-13(2,3)11-8-4-6-10-7-5-9-14-12(10)11/h4,7-8,14H,5-6,9H2,1-3H3;4,6,8,14H,5,7,9H2,1-3H3. The molecule has 2 nitrogen and oxygen atoms in total. The average Bonchev–Trinajstić information content (AvgIpc) is 2.66. The van der Waals surface area contributed by atoms with E-state index in [0.717, 1.165) is 13.1 Å². The van der Waals surface area contributed by atoms with Crippen LogP contribution in [0.25, 0.3) is 0 Å². The predicted molar refractivity (Wildman–Crippen MR) is 124 cm³/mol. The van der Waals surface area contributed by atoms with E-state index in [1.807, 2.05) is 0 Å². The van der Waals surface area contributed by atoms with Gasteiger partial charge in [-0.25, -0.2) is 0 Å². The minimum atomic E-state index is 0.246. The van der Waals surface area contributed by atoms with Crippen molar-refractivity contribution in [3.63, 3.8) is 0 Å². The summed E-state index contributed by atoms with van der Waals surface area (Å²) in [6, 6.07) is 13.3. The van der Waals surface area contributed by atoms with Crippen LogP contribution in [0.1, 0.15) is 76.6 Å². The largest absolute Gasteiger partial charge is 0.385 e. The van der Waals surface area contributed by atoms with Gasteiger partial charge < -0.3 is 10.6 Å². The number of nitrogens with one attached hydrogen (secondary N) is 2. The molecule has 0 radical (unpaired) electrons. The van der Waals surface area contributed by atoms with Crippen LogP contribution in [-0.2, 0) is 23.7 Å². The number of hydrogen-bond donors (Lipinski definition) is 2. The summed E-state index contributed by atoms with van der Waals surface area (Å²) < 4.78 is 0. The number of hydrogen-bond acceptors (Lipinski definition) is 2. The van der Waals surface area contributed by atoms with Crippen molar-refractivity contribution in [2.45, 2.75) is 78.1 Å². The topological polar surface area (TPSA) is 24.1 Å². The molecule has 0 fully saturated rings. The molecule has 2 heteroatoms. The third kappa shape index (κ3) is 4.71. The van der Waals surface area contributed by atoms with E-state index in [0.29, 0.717) is 0 Å². The molecule has 0 aromatic heterocycles. The van der Waals surface area contributed by atoms with Gasteiger partial charge in [-0.2, -0.15) is 0 Å². The molecule has 2 heterocycles. The maximum absolute atomic E-state index is 3.54. The van der Waals surface area contributed by atoms with Gasteiger partial charge in [-0.1, -0.05) is 71.9 Å². The lowest BCUT2D eigenvalue weighted by Gasteiger charge is -2.28. The second kappa shape index (κ2) is 8.19. The third-order valence-corrected chi connectivity index (χ3v) is 5.79. The number of rotatable bonds is 0. The summed E-state index contributed by atoms with van der Waals surface area (Å²) in [4.78, 5) is 0. The summed E-state index contributed by atoms with van der Waals surface area (Å²) in [5, 5.41) is 7.01. The van der Waals surface area contributed by atoms with Gasteiger partial charge in [0.05, 0.1) is 0 Å². The van der Waals surface area contributed by atoms with Gasteiger partial charge in [0.15, 0.2) is 0 Å². The van der Waals surface area contributed by atoms with Crippen LogP contribution < -0.4 is 10.6 Å². The highest BCUT2D eigenvalue weighted by atomic mass is 14.9. The average molecular weight is 379 g/mol. The van der Waals surface area contributed by atoms with Crippen molar-refractivity contribution >= 4 is 11.4 Å². The maximum Gasteiger partial charge on any atom is 0.0410 e. The van der Waals surface area contributed by atoms with E-state index in [2.05, 4.69) is 88.6 Å². The van der Waals surface area contributed by atoms with Crippen molar-refractivity contribution in [2.75, 3.05) is 23.7 Å². The van der Waals surface area contributed by atoms with Crippen LogP contribution in [0, 0.1) is 0 Å². The van der Waals surface area contributed by atoms with E-state index in [1.165, 1.54) is 59.3 Å². The molecule has 4 rings (SSSR count).